The van der Waals surface area contributed by atoms with Crippen molar-refractivity contribution in [3.63, 3.8) is 0 Å². The number of para-hydroxylation sites is 1. The second kappa shape index (κ2) is 8.67. The van der Waals surface area contributed by atoms with Crippen LogP contribution in [0.3, 0.4) is 0 Å². The Morgan fingerprint density at radius 2 is 1.97 bits per heavy atom. The maximum atomic E-state index is 12.9. The van der Waals surface area contributed by atoms with E-state index in [1.54, 1.807) is 17.0 Å². The lowest BCUT2D eigenvalue weighted by Crippen LogP contribution is -2.45. The van der Waals surface area contributed by atoms with Crippen LogP contribution in [0.15, 0.2) is 47.5 Å². The van der Waals surface area contributed by atoms with E-state index >= 15 is 0 Å². The fourth-order valence-electron chi connectivity index (χ4n) is 3.95. The van der Waals surface area contributed by atoms with Crippen LogP contribution in [-0.4, -0.2) is 44.3 Å². The van der Waals surface area contributed by atoms with Crippen molar-refractivity contribution in [2.24, 2.45) is 5.92 Å². The fraction of sp³-hybridized carbons (Fsp3) is 0.348. The Kier molecular flexibility index (Phi) is 5.79. The van der Waals surface area contributed by atoms with Gasteiger partial charge in [0.1, 0.15) is 12.4 Å². The molecule has 0 bridgehead atoms. The summed E-state index contributed by atoms with van der Waals surface area (Å²) in [6.45, 7) is 4.56. The molecule has 1 aliphatic heterocycles. The summed E-state index contributed by atoms with van der Waals surface area (Å²) in [5.41, 5.74) is 2.15. The average Bonchev–Trinajstić information content (AvgIpc) is 2.76. The number of anilines is 1. The number of pyridine rings is 1. The molecular formula is C23H25N5O3. The number of hydrogen-bond donors (Lipinski definition) is 1. The van der Waals surface area contributed by atoms with Crippen molar-refractivity contribution in [1.29, 1.82) is 0 Å². The van der Waals surface area contributed by atoms with Crippen molar-refractivity contribution in [2.45, 2.75) is 33.2 Å². The zero-order chi connectivity index (χ0) is 22.0. The molecule has 1 fully saturated rings. The number of nitrogens with one attached hydrogen (secondary N) is 1. The third kappa shape index (κ3) is 4.47. The van der Waals surface area contributed by atoms with Crippen molar-refractivity contribution in [3.05, 3.63) is 64.3 Å². The van der Waals surface area contributed by atoms with Gasteiger partial charge in [-0.1, -0.05) is 18.2 Å². The highest BCUT2D eigenvalue weighted by Crippen LogP contribution is 2.19. The van der Waals surface area contributed by atoms with E-state index in [1.807, 2.05) is 38.1 Å². The van der Waals surface area contributed by atoms with Gasteiger partial charge in [0, 0.05) is 18.8 Å². The lowest BCUT2D eigenvalue weighted by Gasteiger charge is -2.32. The number of nitrogens with zero attached hydrogens (tertiary/aromatic N) is 4. The average molecular weight is 419 g/mol. The third-order valence-electron chi connectivity index (χ3n) is 5.65. The normalized spacial score (nSPS) is 16.3. The van der Waals surface area contributed by atoms with Gasteiger partial charge < -0.3 is 10.2 Å². The van der Waals surface area contributed by atoms with E-state index in [-0.39, 0.29) is 29.8 Å². The molecule has 3 aromatic rings. The molecule has 160 valence electrons. The van der Waals surface area contributed by atoms with E-state index in [9.17, 15) is 14.4 Å². The molecule has 8 nitrogen and oxygen atoms in total. The minimum atomic E-state index is -0.311. The molecule has 1 N–H and O–H groups in total. The number of rotatable bonds is 4. The maximum absolute atomic E-state index is 12.9. The Hall–Kier alpha value is -3.55. The van der Waals surface area contributed by atoms with Crippen LogP contribution in [0.5, 0.6) is 0 Å². The predicted molar refractivity (Wildman–Crippen MR) is 118 cm³/mol. The first-order valence-electron chi connectivity index (χ1n) is 10.4. The minimum Gasteiger partial charge on any atom is -0.340 e. The highest BCUT2D eigenvalue weighted by molar-refractivity contribution is 5.92. The van der Waals surface area contributed by atoms with Crippen LogP contribution in [0.1, 0.15) is 24.1 Å². The van der Waals surface area contributed by atoms with Crippen molar-refractivity contribution in [2.75, 3.05) is 18.4 Å². The Balaban J connectivity index is 1.44. The molecule has 0 aliphatic carbocycles. The highest BCUT2D eigenvalue weighted by atomic mass is 16.2. The first kappa shape index (κ1) is 20.7. The Labute approximate surface area is 179 Å². The first-order chi connectivity index (χ1) is 14.9. The molecule has 2 amide bonds. The molecule has 1 aromatic carbocycles. The topological polar surface area (TPSA) is 97.2 Å². The van der Waals surface area contributed by atoms with Crippen LogP contribution in [0.4, 0.5) is 5.82 Å². The molecular weight excluding hydrogens is 394 g/mol. The van der Waals surface area contributed by atoms with Gasteiger partial charge in [-0.05, 0) is 50.5 Å². The van der Waals surface area contributed by atoms with Crippen molar-refractivity contribution in [1.82, 2.24) is 19.4 Å². The third-order valence-corrected chi connectivity index (χ3v) is 5.65. The van der Waals surface area contributed by atoms with Gasteiger partial charge >= 0.3 is 0 Å². The predicted octanol–water partition coefficient (Wildman–Crippen LogP) is 2.29. The maximum Gasteiger partial charge on any atom is 0.261 e. The number of likely N-dealkylation sites (tertiary alicyclic amines) is 1. The highest BCUT2D eigenvalue weighted by Gasteiger charge is 2.29. The molecule has 4 rings (SSSR count). The second-order valence-electron chi connectivity index (χ2n) is 7.98. The van der Waals surface area contributed by atoms with E-state index in [1.165, 1.54) is 10.9 Å². The molecule has 1 saturated heterocycles. The number of benzene rings is 1. The number of aryl methyl sites for hydroxylation is 2. The summed E-state index contributed by atoms with van der Waals surface area (Å²) in [4.78, 5) is 48.7. The number of aromatic nitrogens is 3. The summed E-state index contributed by atoms with van der Waals surface area (Å²) in [6.07, 6.45) is 2.86. The van der Waals surface area contributed by atoms with Crippen molar-refractivity contribution < 1.29 is 9.59 Å². The number of amides is 2. The number of fused-ring (bicyclic) bond motifs is 1. The monoisotopic (exact) mass is 419 g/mol. The second-order valence-corrected chi connectivity index (χ2v) is 7.98. The number of carbonyl (C=O) groups is 2. The summed E-state index contributed by atoms with van der Waals surface area (Å²) in [5.74, 6) is -0.135. The molecule has 31 heavy (non-hydrogen) atoms. The Bertz CT molecular complexity index is 1200. The minimum absolute atomic E-state index is 0.0938. The zero-order valence-corrected chi connectivity index (χ0v) is 17.7. The van der Waals surface area contributed by atoms with Crippen LogP contribution in [0.25, 0.3) is 10.9 Å². The van der Waals surface area contributed by atoms with Crippen molar-refractivity contribution in [3.8, 4) is 0 Å². The van der Waals surface area contributed by atoms with Gasteiger partial charge in [0.05, 0.1) is 23.1 Å². The standard InChI is InChI=1S/C23H25N5O3/c1-15-6-3-9-18-21(15)24-14-28(23(18)31)13-20(29)27-11-5-8-17(12-27)22(30)26-19-10-4-7-16(2)25-19/h3-4,6-7,9-10,14,17H,5,8,11-13H2,1-2H3,(H,25,26,30). The number of piperidine rings is 1. The van der Waals surface area contributed by atoms with Crippen LogP contribution in [0.2, 0.25) is 0 Å². The molecule has 1 atom stereocenters. The van der Waals surface area contributed by atoms with Crippen LogP contribution < -0.4 is 10.9 Å². The molecule has 1 aliphatic rings. The molecule has 3 heterocycles. The van der Waals surface area contributed by atoms with E-state index in [0.29, 0.717) is 36.2 Å². The Morgan fingerprint density at radius 1 is 1.16 bits per heavy atom. The fourth-order valence-corrected chi connectivity index (χ4v) is 3.95. The van der Waals surface area contributed by atoms with E-state index in [2.05, 4.69) is 15.3 Å². The van der Waals surface area contributed by atoms with Crippen LogP contribution >= 0.6 is 0 Å². The van der Waals surface area contributed by atoms with E-state index < -0.39 is 0 Å². The first-order valence-corrected chi connectivity index (χ1v) is 10.4. The quantitative estimate of drug-likeness (QED) is 0.700. The smallest absolute Gasteiger partial charge is 0.261 e. The van der Waals surface area contributed by atoms with Gasteiger partial charge in [-0.2, -0.15) is 0 Å². The summed E-state index contributed by atoms with van der Waals surface area (Å²) in [5, 5.41) is 3.34. The van der Waals surface area contributed by atoms with Gasteiger partial charge in [0.2, 0.25) is 11.8 Å². The number of hydrogen-bond acceptors (Lipinski definition) is 5. The summed E-state index contributed by atoms with van der Waals surface area (Å²) in [7, 11) is 0. The summed E-state index contributed by atoms with van der Waals surface area (Å²) in [6, 6.07) is 10.9. The van der Waals surface area contributed by atoms with Crippen LogP contribution in [0, 0.1) is 19.8 Å². The molecule has 0 radical (unpaired) electrons. The van der Waals surface area contributed by atoms with Gasteiger partial charge in [0.15, 0.2) is 0 Å². The molecule has 1 unspecified atom stereocenters. The summed E-state index contributed by atoms with van der Waals surface area (Å²) >= 11 is 0. The van der Waals surface area contributed by atoms with Crippen LogP contribution in [-0.2, 0) is 16.1 Å². The van der Waals surface area contributed by atoms with Crippen molar-refractivity contribution >= 4 is 28.5 Å². The van der Waals surface area contributed by atoms with E-state index in [4.69, 9.17) is 0 Å². The summed E-state index contributed by atoms with van der Waals surface area (Å²) < 4.78 is 1.34. The van der Waals surface area contributed by atoms with Gasteiger partial charge in [-0.15, -0.1) is 0 Å². The SMILES string of the molecule is Cc1cccc(NC(=O)C2CCCN(C(=O)Cn3cnc4c(C)cccc4c3=O)C2)n1. The largest absolute Gasteiger partial charge is 0.340 e. The number of carbonyl (C=O) groups excluding carboxylic acids is 2. The molecule has 0 spiro atoms. The van der Waals surface area contributed by atoms with Gasteiger partial charge in [0.25, 0.3) is 5.56 Å². The molecule has 8 heteroatoms. The van der Waals surface area contributed by atoms with Gasteiger partial charge in [-0.3, -0.25) is 19.0 Å². The Morgan fingerprint density at radius 3 is 2.77 bits per heavy atom. The molecule has 2 aromatic heterocycles. The van der Waals surface area contributed by atoms with E-state index in [0.717, 1.165) is 17.7 Å². The molecule has 0 saturated carbocycles. The zero-order valence-electron chi connectivity index (χ0n) is 17.7. The lowest BCUT2D eigenvalue weighted by molar-refractivity contribution is -0.135. The lowest BCUT2D eigenvalue weighted by atomic mass is 9.97. The van der Waals surface area contributed by atoms with Gasteiger partial charge in [-0.25, -0.2) is 9.97 Å².